The normalized spacial score (nSPS) is 22.3. The van der Waals surface area contributed by atoms with E-state index in [2.05, 4.69) is 12.2 Å². The molecule has 126 valence electrons. The van der Waals surface area contributed by atoms with Gasteiger partial charge in [-0.25, -0.2) is 0 Å². The second-order valence-electron chi connectivity index (χ2n) is 6.44. The summed E-state index contributed by atoms with van der Waals surface area (Å²) in [6.45, 7) is 4.61. The van der Waals surface area contributed by atoms with E-state index in [1.807, 2.05) is 18.2 Å². The quantitative estimate of drug-likeness (QED) is 0.776. The van der Waals surface area contributed by atoms with Crippen LogP contribution in [-0.4, -0.2) is 28.8 Å². The van der Waals surface area contributed by atoms with Gasteiger partial charge in [-0.15, -0.1) is 11.8 Å². The van der Waals surface area contributed by atoms with Crippen molar-refractivity contribution >= 4 is 23.6 Å². The van der Waals surface area contributed by atoms with E-state index in [4.69, 9.17) is 5.11 Å². The van der Waals surface area contributed by atoms with E-state index in [-0.39, 0.29) is 5.91 Å². The lowest BCUT2D eigenvalue weighted by Gasteiger charge is -2.26. The van der Waals surface area contributed by atoms with Crippen molar-refractivity contribution in [2.75, 3.05) is 6.54 Å². The number of carboxylic acids is 1. The van der Waals surface area contributed by atoms with Crippen molar-refractivity contribution in [3.63, 3.8) is 0 Å². The molecule has 3 unspecified atom stereocenters. The van der Waals surface area contributed by atoms with Gasteiger partial charge in [0.25, 0.3) is 5.91 Å². The van der Waals surface area contributed by atoms with Crippen LogP contribution in [0.2, 0.25) is 0 Å². The summed E-state index contributed by atoms with van der Waals surface area (Å²) >= 11 is 1.21. The molecule has 23 heavy (non-hydrogen) atoms. The van der Waals surface area contributed by atoms with Gasteiger partial charge in [0.2, 0.25) is 0 Å². The molecule has 2 N–H and O–H groups in total. The van der Waals surface area contributed by atoms with Crippen LogP contribution in [0.5, 0.6) is 0 Å². The molecule has 0 saturated heterocycles. The number of hydrogen-bond donors (Lipinski definition) is 2. The largest absolute Gasteiger partial charge is 0.480 e. The minimum Gasteiger partial charge on any atom is -0.480 e. The van der Waals surface area contributed by atoms with E-state index in [0.717, 1.165) is 10.8 Å². The lowest BCUT2D eigenvalue weighted by atomic mass is 9.82. The zero-order chi connectivity index (χ0) is 16.8. The smallest absolute Gasteiger partial charge is 0.316 e. The number of carbonyl (C=O) groups excluding carboxylic acids is 1. The van der Waals surface area contributed by atoms with Crippen molar-refractivity contribution < 1.29 is 14.7 Å². The molecule has 0 aromatic heterocycles. The number of thioether (sulfide) groups is 1. The van der Waals surface area contributed by atoms with Crippen molar-refractivity contribution in [3.8, 4) is 0 Å². The molecule has 0 spiro atoms. The van der Waals surface area contributed by atoms with Crippen LogP contribution >= 0.6 is 11.8 Å². The number of carbonyl (C=O) groups is 2. The van der Waals surface area contributed by atoms with Crippen molar-refractivity contribution in [1.29, 1.82) is 0 Å². The molecule has 1 aromatic rings. The average molecular weight is 335 g/mol. The van der Waals surface area contributed by atoms with Gasteiger partial charge in [-0.2, -0.15) is 0 Å². The van der Waals surface area contributed by atoms with Gasteiger partial charge in [0, 0.05) is 11.4 Å². The molecule has 5 heteroatoms. The summed E-state index contributed by atoms with van der Waals surface area (Å²) in [4.78, 5) is 24.2. The van der Waals surface area contributed by atoms with Crippen LogP contribution in [0, 0.1) is 11.8 Å². The Kier molecular flexibility index (Phi) is 6.51. The summed E-state index contributed by atoms with van der Waals surface area (Å²) in [7, 11) is 0. The highest BCUT2D eigenvalue weighted by Gasteiger charge is 2.21. The lowest BCUT2D eigenvalue weighted by molar-refractivity contribution is -0.136. The maximum atomic E-state index is 12.5. The number of amides is 1. The molecular weight excluding hydrogens is 310 g/mol. The molecule has 1 aliphatic rings. The molecule has 1 amide bonds. The highest BCUT2D eigenvalue weighted by Crippen LogP contribution is 2.29. The van der Waals surface area contributed by atoms with Gasteiger partial charge in [-0.3, -0.25) is 9.59 Å². The van der Waals surface area contributed by atoms with Crippen molar-refractivity contribution in [1.82, 2.24) is 5.32 Å². The fraction of sp³-hybridized carbons (Fsp3) is 0.556. The van der Waals surface area contributed by atoms with Crippen LogP contribution in [0.25, 0.3) is 0 Å². The van der Waals surface area contributed by atoms with Gasteiger partial charge >= 0.3 is 5.97 Å². The molecule has 0 aliphatic heterocycles. The molecular formula is C18H25NO3S. The Morgan fingerprint density at radius 2 is 2.09 bits per heavy atom. The summed E-state index contributed by atoms with van der Waals surface area (Å²) in [5.74, 6) is 0.315. The number of nitrogens with one attached hydrogen (secondary N) is 1. The standard InChI is InChI=1S/C18H25NO3S/c1-12-6-5-7-14(10-12)11-19-17(20)15-8-3-4-9-16(15)23-13(2)18(21)22/h3-4,8-9,12-14H,5-7,10-11H2,1-2H3,(H,19,20)(H,21,22). The van der Waals surface area contributed by atoms with Gasteiger partial charge in [-0.05, 0) is 43.7 Å². The summed E-state index contributed by atoms with van der Waals surface area (Å²) in [5, 5.41) is 11.5. The average Bonchev–Trinajstić information content (AvgIpc) is 2.53. The van der Waals surface area contributed by atoms with Crippen LogP contribution < -0.4 is 5.32 Å². The predicted molar refractivity (Wildman–Crippen MR) is 92.9 cm³/mol. The monoisotopic (exact) mass is 335 g/mol. The first-order chi connectivity index (χ1) is 11.0. The topological polar surface area (TPSA) is 66.4 Å². The molecule has 0 radical (unpaired) electrons. The maximum absolute atomic E-state index is 12.5. The third-order valence-corrected chi connectivity index (χ3v) is 5.54. The Morgan fingerprint density at radius 1 is 1.35 bits per heavy atom. The lowest BCUT2D eigenvalue weighted by Crippen LogP contribution is -2.31. The molecule has 1 fully saturated rings. The predicted octanol–water partition coefficient (Wildman–Crippen LogP) is 3.81. The Balaban J connectivity index is 1.97. The third kappa shape index (κ3) is 5.27. The zero-order valence-electron chi connectivity index (χ0n) is 13.7. The summed E-state index contributed by atoms with van der Waals surface area (Å²) in [6, 6.07) is 7.21. The van der Waals surface area contributed by atoms with Crippen LogP contribution in [-0.2, 0) is 4.79 Å². The first-order valence-corrected chi connectivity index (χ1v) is 9.12. The van der Waals surface area contributed by atoms with E-state index >= 15 is 0 Å². The number of rotatable bonds is 6. The maximum Gasteiger partial charge on any atom is 0.316 e. The van der Waals surface area contributed by atoms with Gasteiger partial charge < -0.3 is 10.4 Å². The fourth-order valence-corrected chi connectivity index (χ4v) is 4.00. The first-order valence-electron chi connectivity index (χ1n) is 8.24. The van der Waals surface area contributed by atoms with Crippen LogP contribution in [0.4, 0.5) is 0 Å². The Hall–Kier alpha value is -1.49. The Bertz CT molecular complexity index is 561. The first kappa shape index (κ1) is 17.9. The second-order valence-corrected chi connectivity index (χ2v) is 7.82. The summed E-state index contributed by atoms with van der Waals surface area (Å²) in [6.07, 6.45) is 4.88. The van der Waals surface area contributed by atoms with E-state index in [1.165, 1.54) is 37.4 Å². The second kappa shape index (κ2) is 8.39. The number of aliphatic carboxylic acids is 1. The molecule has 2 rings (SSSR count). The Morgan fingerprint density at radius 3 is 2.78 bits per heavy atom. The summed E-state index contributed by atoms with van der Waals surface area (Å²) in [5.41, 5.74) is 0.564. The highest BCUT2D eigenvalue weighted by molar-refractivity contribution is 8.00. The van der Waals surface area contributed by atoms with Crippen LogP contribution in [0.15, 0.2) is 29.2 Å². The van der Waals surface area contributed by atoms with Gasteiger partial charge in [0.1, 0.15) is 5.25 Å². The number of hydrogen-bond acceptors (Lipinski definition) is 3. The SMILES string of the molecule is CC1CCCC(CNC(=O)c2ccccc2SC(C)C(=O)O)C1. The minimum absolute atomic E-state index is 0.107. The molecule has 1 aromatic carbocycles. The van der Waals surface area contributed by atoms with E-state index in [0.29, 0.717) is 18.0 Å². The molecule has 1 saturated carbocycles. The third-order valence-electron chi connectivity index (χ3n) is 4.38. The fourth-order valence-electron chi connectivity index (χ4n) is 3.08. The van der Waals surface area contributed by atoms with E-state index in [9.17, 15) is 9.59 Å². The summed E-state index contributed by atoms with van der Waals surface area (Å²) < 4.78 is 0. The van der Waals surface area contributed by atoms with Crippen molar-refractivity contribution in [2.45, 2.75) is 49.7 Å². The zero-order valence-corrected chi connectivity index (χ0v) is 14.6. The van der Waals surface area contributed by atoms with E-state index < -0.39 is 11.2 Å². The van der Waals surface area contributed by atoms with Gasteiger partial charge in [-0.1, -0.05) is 31.9 Å². The molecule has 3 atom stereocenters. The Labute approximate surface area is 142 Å². The number of benzene rings is 1. The highest BCUT2D eigenvalue weighted by atomic mass is 32.2. The van der Waals surface area contributed by atoms with Crippen LogP contribution in [0.1, 0.15) is 49.9 Å². The molecule has 1 aliphatic carbocycles. The molecule has 4 nitrogen and oxygen atoms in total. The number of carboxylic acid groups (broad SMARTS) is 1. The molecule has 0 bridgehead atoms. The van der Waals surface area contributed by atoms with Gasteiger partial charge in [0.05, 0.1) is 5.56 Å². The van der Waals surface area contributed by atoms with E-state index in [1.54, 1.807) is 13.0 Å². The van der Waals surface area contributed by atoms with Crippen molar-refractivity contribution in [3.05, 3.63) is 29.8 Å². The van der Waals surface area contributed by atoms with Crippen molar-refractivity contribution in [2.24, 2.45) is 11.8 Å². The van der Waals surface area contributed by atoms with Crippen LogP contribution in [0.3, 0.4) is 0 Å². The minimum atomic E-state index is -0.874. The molecule has 0 heterocycles. The van der Waals surface area contributed by atoms with Gasteiger partial charge in [0.15, 0.2) is 0 Å².